The fourth-order valence-electron chi connectivity index (χ4n) is 4.37. The van der Waals surface area contributed by atoms with Crippen molar-refractivity contribution in [2.24, 2.45) is 12.0 Å². The summed E-state index contributed by atoms with van der Waals surface area (Å²) in [6.45, 7) is 9.70. The topological polar surface area (TPSA) is 81.7 Å². The second-order valence-corrected chi connectivity index (χ2v) is 9.19. The van der Waals surface area contributed by atoms with E-state index in [0.29, 0.717) is 20.6 Å². The maximum atomic E-state index is 13.6. The molecule has 9 heteroatoms. The summed E-state index contributed by atoms with van der Waals surface area (Å²) >= 11 is 1.31. The second kappa shape index (κ2) is 9.42. The van der Waals surface area contributed by atoms with Crippen molar-refractivity contribution in [1.82, 2.24) is 14.3 Å². The van der Waals surface area contributed by atoms with Gasteiger partial charge in [0, 0.05) is 37.6 Å². The van der Waals surface area contributed by atoms with Crippen LogP contribution < -0.4 is 19.8 Å². The van der Waals surface area contributed by atoms with Crippen LogP contribution in [0, 0.1) is 6.92 Å². The van der Waals surface area contributed by atoms with Crippen LogP contribution >= 0.6 is 11.3 Å². The Kier molecular flexibility index (Phi) is 6.56. The Labute approximate surface area is 202 Å². The number of carbonyl (C=O) groups is 1. The monoisotopic (exact) mass is 479 g/mol. The quantitative estimate of drug-likeness (QED) is 0.507. The molecule has 178 valence electrons. The Bertz CT molecular complexity index is 1440. The van der Waals surface area contributed by atoms with E-state index < -0.39 is 12.0 Å². The van der Waals surface area contributed by atoms with Crippen LogP contribution in [0.25, 0.3) is 6.08 Å². The molecule has 2 aromatic heterocycles. The molecule has 0 bridgehead atoms. The summed E-state index contributed by atoms with van der Waals surface area (Å²) in [7, 11) is 3.19. The van der Waals surface area contributed by atoms with Crippen molar-refractivity contribution in [3.63, 3.8) is 0 Å². The van der Waals surface area contributed by atoms with E-state index in [9.17, 15) is 9.59 Å². The van der Waals surface area contributed by atoms with Gasteiger partial charge in [-0.1, -0.05) is 23.5 Å². The molecule has 1 aliphatic heterocycles. The number of nitrogens with zero attached hydrogens (tertiary/aromatic N) is 5. The van der Waals surface area contributed by atoms with Crippen LogP contribution in [0.3, 0.4) is 0 Å². The number of hydrogen-bond donors (Lipinski definition) is 0. The zero-order valence-corrected chi connectivity index (χ0v) is 21.1. The highest BCUT2D eigenvalue weighted by molar-refractivity contribution is 7.07. The minimum Gasteiger partial charge on any atom is -0.466 e. The Morgan fingerprint density at radius 1 is 1.21 bits per heavy atom. The van der Waals surface area contributed by atoms with Crippen LogP contribution in [0.2, 0.25) is 0 Å². The van der Waals surface area contributed by atoms with Crippen molar-refractivity contribution in [3.8, 4) is 0 Å². The molecule has 0 saturated heterocycles. The van der Waals surface area contributed by atoms with E-state index in [1.54, 1.807) is 16.2 Å². The molecule has 1 unspecified atom stereocenters. The summed E-state index contributed by atoms with van der Waals surface area (Å²) in [4.78, 5) is 33.8. The predicted octanol–water partition coefficient (Wildman–Crippen LogP) is 2.30. The Morgan fingerprint density at radius 3 is 2.44 bits per heavy atom. The number of hydrogen-bond acceptors (Lipinski definition) is 7. The Morgan fingerprint density at radius 2 is 1.88 bits per heavy atom. The van der Waals surface area contributed by atoms with E-state index in [0.717, 1.165) is 35.6 Å². The molecule has 0 N–H and O–H groups in total. The predicted molar refractivity (Wildman–Crippen MR) is 134 cm³/mol. The molecule has 0 amide bonds. The van der Waals surface area contributed by atoms with E-state index in [2.05, 4.69) is 28.8 Å². The number of aromatic nitrogens is 3. The molecule has 3 aromatic rings. The van der Waals surface area contributed by atoms with Gasteiger partial charge in [-0.3, -0.25) is 14.0 Å². The fraction of sp³-hybridized carbons (Fsp3) is 0.360. The number of ether oxygens (including phenoxy) is 1. The lowest BCUT2D eigenvalue weighted by atomic mass is 9.95. The molecule has 1 atom stereocenters. The number of rotatable bonds is 6. The van der Waals surface area contributed by atoms with Gasteiger partial charge >= 0.3 is 5.97 Å². The zero-order valence-electron chi connectivity index (χ0n) is 20.3. The van der Waals surface area contributed by atoms with Crippen molar-refractivity contribution >= 4 is 29.1 Å². The molecular formula is C25H29N5O3S. The summed E-state index contributed by atoms with van der Waals surface area (Å²) in [6.07, 6.45) is 3.71. The van der Waals surface area contributed by atoms with Gasteiger partial charge in [-0.15, -0.1) is 0 Å². The third-order valence-electron chi connectivity index (χ3n) is 6.10. The molecule has 8 nitrogen and oxygen atoms in total. The van der Waals surface area contributed by atoms with Gasteiger partial charge in [0.25, 0.3) is 5.56 Å². The minimum absolute atomic E-state index is 0.196. The maximum Gasteiger partial charge on any atom is 0.338 e. The molecule has 0 spiro atoms. The minimum atomic E-state index is -0.619. The molecule has 34 heavy (non-hydrogen) atoms. The van der Waals surface area contributed by atoms with E-state index in [1.807, 2.05) is 50.5 Å². The second-order valence-electron chi connectivity index (χ2n) is 8.18. The van der Waals surface area contributed by atoms with Gasteiger partial charge in [0.2, 0.25) is 0 Å². The highest BCUT2D eigenvalue weighted by Crippen LogP contribution is 2.31. The van der Waals surface area contributed by atoms with Crippen LogP contribution in [-0.2, 0) is 16.6 Å². The maximum absolute atomic E-state index is 13.6. The molecule has 1 aromatic carbocycles. The highest BCUT2D eigenvalue weighted by atomic mass is 32.1. The summed E-state index contributed by atoms with van der Waals surface area (Å²) in [5.74, 6) is -0.489. The first-order valence-electron chi connectivity index (χ1n) is 11.2. The van der Waals surface area contributed by atoms with Gasteiger partial charge in [-0.25, -0.2) is 9.79 Å². The lowest BCUT2D eigenvalue weighted by molar-refractivity contribution is -0.136. The first-order valence-corrected chi connectivity index (χ1v) is 12.1. The molecule has 0 radical (unpaired) electrons. The number of anilines is 1. The average molecular weight is 480 g/mol. The SMILES string of the molecule is CCN(CC)c1ccc(C2C(C(=O)OC)=C(C)N=c3s/c(=C/c4cn(C)nc4C)c(=O)n32)cc1. The summed E-state index contributed by atoms with van der Waals surface area (Å²) in [5.41, 5.74) is 4.35. The summed E-state index contributed by atoms with van der Waals surface area (Å²) in [5, 5.41) is 4.36. The van der Waals surface area contributed by atoms with Crippen LogP contribution in [0.1, 0.15) is 43.6 Å². The highest BCUT2D eigenvalue weighted by Gasteiger charge is 2.33. The van der Waals surface area contributed by atoms with Crippen LogP contribution in [-0.4, -0.2) is 40.5 Å². The van der Waals surface area contributed by atoms with Crippen molar-refractivity contribution in [2.75, 3.05) is 25.1 Å². The fourth-order valence-corrected chi connectivity index (χ4v) is 5.40. The normalized spacial score (nSPS) is 15.8. The first-order chi connectivity index (χ1) is 16.3. The molecule has 0 saturated carbocycles. The number of aryl methyl sites for hydroxylation is 2. The van der Waals surface area contributed by atoms with E-state index in [4.69, 9.17) is 4.74 Å². The Hall–Kier alpha value is -3.46. The van der Waals surface area contributed by atoms with Gasteiger partial charge in [0.1, 0.15) is 0 Å². The van der Waals surface area contributed by atoms with E-state index >= 15 is 0 Å². The van der Waals surface area contributed by atoms with Crippen LogP contribution in [0.5, 0.6) is 0 Å². The number of fused-ring (bicyclic) bond motifs is 1. The number of benzene rings is 1. The first kappa shape index (κ1) is 23.7. The Balaban J connectivity index is 1.92. The largest absolute Gasteiger partial charge is 0.466 e. The van der Waals surface area contributed by atoms with Gasteiger partial charge in [0.15, 0.2) is 4.80 Å². The molecular weight excluding hydrogens is 450 g/mol. The lowest BCUT2D eigenvalue weighted by Gasteiger charge is -2.26. The molecule has 1 aliphatic rings. The molecule has 3 heterocycles. The smallest absolute Gasteiger partial charge is 0.338 e. The molecule has 4 rings (SSSR count). The van der Waals surface area contributed by atoms with Gasteiger partial charge in [-0.05, 0) is 51.5 Å². The van der Waals surface area contributed by atoms with Gasteiger partial charge in [0.05, 0.1) is 34.6 Å². The van der Waals surface area contributed by atoms with Crippen molar-refractivity contribution < 1.29 is 9.53 Å². The van der Waals surface area contributed by atoms with Crippen molar-refractivity contribution in [2.45, 2.75) is 33.7 Å². The standard InChI is InChI=1S/C25H29N5O3S/c1-7-29(8-2)19-11-9-17(10-12-19)22-21(24(32)33-6)16(4)26-25-30(22)23(31)20(34-25)13-18-14-28(5)27-15(18)3/h9-14,22H,7-8H2,1-6H3/b20-13+. The number of esters is 1. The summed E-state index contributed by atoms with van der Waals surface area (Å²) < 4.78 is 8.95. The van der Waals surface area contributed by atoms with E-state index in [1.165, 1.54) is 18.4 Å². The van der Waals surface area contributed by atoms with Gasteiger partial charge in [-0.2, -0.15) is 5.10 Å². The van der Waals surface area contributed by atoms with Crippen molar-refractivity contribution in [1.29, 1.82) is 0 Å². The number of thiazole rings is 1. The third kappa shape index (κ3) is 4.11. The lowest BCUT2D eigenvalue weighted by Crippen LogP contribution is -2.39. The molecule has 0 fully saturated rings. The summed E-state index contributed by atoms with van der Waals surface area (Å²) in [6, 6.07) is 7.39. The number of carbonyl (C=O) groups excluding carboxylic acids is 1. The van der Waals surface area contributed by atoms with Crippen molar-refractivity contribution in [3.05, 3.63) is 78.2 Å². The molecule has 0 aliphatic carbocycles. The average Bonchev–Trinajstić information content (AvgIpc) is 3.30. The van der Waals surface area contributed by atoms with E-state index in [-0.39, 0.29) is 5.56 Å². The van der Waals surface area contributed by atoms with Gasteiger partial charge < -0.3 is 9.64 Å². The third-order valence-corrected chi connectivity index (χ3v) is 7.09. The number of allylic oxidation sites excluding steroid dienone is 1. The number of methoxy groups -OCH3 is 1. The van der Waals surface area contributed by atoms with Crippen LogP contribution in [0.4, 0.5) is 5.69 Å². The zero-order chi connectivity index (χ0) is 24.6. The van der Waals surface area contributed by atoms with Crippen LogP contribution in [0.15, 0.2) is 51.5 Å².